The summed E-state index contributed by atoms with van der Waals surface area (Å²) in [5, 5.41) is 0. The van der Waals surface area contributed by atoms with Gasteiger partial charge in [-0.2, -0.15) is 0 Å². The maximum Gasteiger partial charge on any atom is 0.0720 e. The number of benzene rings is 12. The highest BCUT2D eigenvalue weighted by Crippen LogP contribution is 2.64. The normalized spacial score (nSPS) is 13.3. The zero-order valence-electron chi connectivity index (χ0n) is 41.4. The van der Waals surface area contributed by atoms with Crippen molar-refractivity contribution in [3.05, 3.63) is 354 Å². The van der Waals surface area contributed by atoms with Crippen molar-refractivity contribution in [1.29, 1.82) is 0 Å². The highest BCUT2D eigenvalue weighted by atomic mass is 15.1. The second-order valence-corrected chi connectivity index (χ2v) is 19.9. The predicted octanol–water partition coefficient (Wildman–Crippen LogP) is 18.9. The van der Waals surface area contributed by atoms with Gasteiger partial charge in [0.2, 0.25) is 0 Å². The van der Waals surface area contributed by atoms with Crippen molar-refractivity contribution in [2.45, 2.75) is 10.8 Å². The van der Waals surface area contributed by atoms with Crippen LogP contribution in [0.2, 0.25) is 0 Å². The summed E-state index contributed by atoms with van der Waals surface area (Å²) in [6.45, 7) is 0. The van der Waals surface area contributed by atoms with Gasteiger partial charge in [-0.3, -0.25) is 0 Å². The lowest BCUT2D eigenvalue weighted by molar-refractivity contribution is 0.624. The van der Waals surface area contributed by atoms with Crippen molar-refractivity contribution in [1.82, 2.24) is 0 Å². The van der Waals surface area contributed by atoms with Crippen LogP contribution in [0.5, 0.6) is 0 Å². The van der Waals surface area contributed by atoms with Gasteiger partial charge in [0.15, 0.2) is 0 Å². The van der Waals surface area contributed by atoms with E-state index in [9.17, 15) is 0 Å². The minimum Gasteiger partial charge on any atom is -0.311 e. The zero-order valence-corrected chi connectivity index (χ0v) is 41.4. The Morgan fingerprint density at radius 2 is 0.493 bits per heavy atom. The molecule has 14 rings (SSSR count). The van der Waals surface area contributed by atoms with Crippen LogP contribution in [0.1, 0.15) is 44.5 Å². The molecule has 0 amide bonds. The molecule has 0 radical (unpaired) electrons. The molecule has 0 unspecified atom stereocenters. The van der Waals surface area contributed by atoms with Crippen molar-refractivity contribution in [2.24, 2.45) is 0 Å². The monoisotopic (exact) mass is 953 g/mol. The van der Waals surface area contributed by atoms with E-state index in [1.54, 1.807) is 0 Å². The van der Waals surface area contributed by atoms with Gasteiger partial charge >= 0.3 is 0 Å². The Kier molecular flexibility index (Phi) is 10.7. The molecule has 0 N–H and O–H groups in total. The molecule has 75 heavy (non-hydrogen) atoms. The van der Waals surface area contributed by atoms with E-state index in [0.29, 0.717) is 0 Å². The molecular formula is C74H51N. The Bertz CT molecular complexity index is 3920. The van der Waals surface area contributed by atoms with Gasteiger partial charge in [-0.05, 0) is 143 Å². The summed E-state index contributed by atoms with van der Waals surface area (Å²) >= 11 is 0. The van der Waals surface area contributed by atoms with E-state index in [1.165, 1.54) is 100 Å². The fraction of sp³-hybridized carbons (Fsp3) is 0.0270. The lowest BCUT2D eigenvalue weighted by Gasteiger charge is -2.50. The van der Waals surface area contributed by atoms with Crippen LogP contribution in [0.4, 0.5) is 17.1 Å². The van der Waals surface area contributed by atoms with Gasteiger partial charge in [-0.25, -0.2) is 0 Å². The molecular weight excluding hydrogens is 903 g/mol. The SMILES string of the molecule is c1ccc(-c2ccc(N(c3ccc(-c4ccc5c(c4)C4(c6ccccc6-5)c5ccccc5C(c5ccccc5)(c5ccccc5)c5ccccc54)cc3)c3ccc(-c4ccccc4-c4ccccc4)cc3)cc2)cc1. The third kappa shape index (κ3) is 7.00. The second-order valence-electron chi connectivity index (χ2n) is 19.9. The number of fused-ring (bicyclic) bond motifs is 9. The summed E-state index contributed by atoms with van der Waals surface area (Å²) in [6, 6.07) is 114. The number of anilines is 3. The molecule has 12 aromatic carbocycles. The standard InChI is InChI=1S/C74H51N/c1-5-21-52(22-6-1)53-37-44-60(45-38-53)75(62-48-41-56(42-49-62)64-30-14-13-29-63(64)55-23-7-2-8-24-55)61-46-39-54(40-47-61)57-43-50-66-65-31-15-16-32-67(65)74(72(66)51-57)70-35-19-17-33-68(70)73(58-25-9-3-10-26-58,59-27-11-4-12-28-59)69-34-18-20-36-71(69)74/h1-51H. The van der Waals surface area contributed by atoms with E-state index in [-0.39, 0.29) is 0 Å². The number of hydrogen-bond acceptors (Lipinski definition) is 1. The van der Waals surface area contributed by atoms with E-state index in [1.807, 2.05) is 0 Å². The molecule has 1 spiro atoms. The average Bonchev–Trinajstić information content (AvgIpc) is 3.99. The Morgan fingerprint density at radius 3 is 0.973 bits per heavy atom. The summed E-state index contributed by atoms with van der Waals surface area (Å²) in [4.78, 5) is 2.38. The van der Waals surface area contributed by atoms with Crippen LogP contribution >= 0.6 is 0 Å². The first-order valence-corrected chi connectivity index (χ1v) is 26.1. The van der Waals surface area contributed by atoms with Gasteiger partial charge in [-0.15, -0.1) is 0 Å². The first-order chi connectivity index (χ1) is 37.2. The molecule has 0 saturated carbocycles. The van der Waals surface area contributed by atoms with Crippen LogP contribution < -0.4 is 4.90 Å². The number of rotatable bonds is 9. The van der Waals surface area contributed by atoms with Crippen LogP contribution in [-0.2, 0) is 10.8 Å². The van der Waals surface area contributed by atoms with Crippen molar-refractivity contribution in [3.8, 4) is 55.6 Å². The third-order valence-corrected chi connectivity index (χ3v) is 16.1. The molecule has 1 nitrogen and oxygen atoms in total. The second kappa shape index (κ2) is 18.2. The summed E-state index contributed by atoms with van der Waals surface area (Å²) < 4.78 is 0. The molecule has 0 saturated heterocycles. The van der Waals surface area contributed by atoms with E-state index in [2.05, 4.69) is 314 Å². The lowest BCUT2D eigenvalue weighted by atomic mass is 9.51. The zero-order chi connectivity index (χ0) is 49.8. The third-order valence-electron chi connectivity index (χ3n) is 16.1. The maximum atomic E-state index is 2.50. The molecule has 0 aromatic heterocycles. The topological polar surface area (TPSA) is 3.24 Å². The predicted molar refractivity (Wildman–Crippen MR) is 312 cm³/mol. The van der Waals surface area contributed by atoms with Crippen LogP contribution in [-0.4, -0.2) is 0 Å². The lowest BCUT2D eigenvalue weighted by Crippen LogP contribution is -2.44. The molecule has 2 aliphatic rings. The minimum absolute atomic E-state index is 0.549. The molecule has 2 aliphatic carbocycles. The Morgan fingerprint density at radius 1 is 0.187 bits per heavy atom. The Balaban J connectivity index is 0.902. The maximum absolute atomic E-state index is 2.50. The minimum atomic E-state index is -0.571. The van der Waals surface area contributed by atoms with Gasteiger partial charge < -0.3 is 4.90 Å². The fourth-order valence-corrected chi connectivity index (χ4v) is 12.8. The molecule has 0 aliphatic heterocycles. The van der Waals surface area contributed by atoms with Gasteiger partial charge in [0, 0.05) is 17.1 Å². The van der Waals surface area contributed by atoms with E-state index in [0.717, 1.165) is 17.1 Å². The van der Waals surface area contributed by atoms with Crippen molar-refractivity contribution in [2.75, 3.05) is 4.90 Å². The van der Waals surface area contributed by atoms with Gasteiger partial charge in [0.1, 0.15) is 0 Å². The molecule has 0 bridgehead atoms. The molecule has 12 aromatic rings. The van der Waals surface area contributed by atoms with Crippen LogP contribution in [0.25, 0.3) is 55.6 Å². The Labute approximate surface area is 440 Å². The summed E-state index contributed by atoms with van der Waals surface area (Å²) in [7, 11) is 0. The first kappa shape index (κ1) is 44.2. The summed E-state index contributed by atoms with van der Waals surface area (Å²) in [5.74, 6) is 0. The molecule has 0 heterocycles. The number of nitrogens with zero attached hydrogens (tertiary/aromatic N) is 1. The molecule has 0 atom stereocenters. The van der Waals surface area contributed by atoms with Gasteiger partial charge in [0.05, 0.1) is 10.8 Å². The van der Waals surface area contributed by atoms with E-state index in [4.69, 9.17) is 0 Å². The first-order valence-electron chi connectivity index (χ1n) is 26.1. The van der Waals surface area contributed by atoms with Crippen molar-refractivity contribution < 1.29 is 0 Å². The highest BCUT2D eigenvalue weighted by molar-refractivity contribution is 5.92. The van der Waals surface area contributed by atoms with E-state index < -0.39 is 10.8 Å². The molecule has 352 valence electrons. The van der Waals surface area contributed by atoms with Crippen LogP contribution in [0.15, 0.2) is 309 Å². The number of hydrogen-bond donors (Lipinski definition) is 0. The van der Waals surface area contributed by atoms with Crippen LogP contribution in [0, 0.1) is 0 Å². The smallest absolute Gasteiger partial charge is 0.0720 e. The fourth-order valence-electron chi connectivity index (χ4n) is 12.8. The van der Waals surface area contributed by atoms with E-state index >= 15 is 0 Å². The summed E-state index contributed by atoms with van der Waals surface area (Å²) in [5.41, 5.74) is 24.7. The average molecular weight is 954 g/mol. The molecule has 0 fully saturated rings. The summed E-state index contributed by atoms with van der Waals surface area (Å²) in [6.07, 6.45) is 0. The Hall–Kier alpha value is -9.56. The van der Waals surface area contributed by atoms with Gasteiger partial charge in [0.25, 0.3) is 0 Å². The quantitative estimate of drug-likeness (QED) is 0.139. The highest BCUT2D eigenvalue weighted by Gasteiger charge is 2.56. The molecule has 1 heteroatoms. The van der Waals surface area contributed by atoms with Gasteiger partial charge in [-0.1, -0.05) is 267 Å². The van der Waals surface area contributed by atoms with Crippen LogP contribution in [0.3, 0.4) is 0 Å². The van der Waals surface area contributed by atoms with Crippen molar-refractivity contribution >= 4 is 17.1 Å². The van der Waals surface area contributed by atoms with Crippen molar-refractivity contribution in [3.63, 3.8) is 0 Å². The largest absolute Gasteiger partial charge is 0.311 e.